The molecule has 0 aliphatic carbocycles. The van der Waals surface area contributed by atoms with Gasteiger partial charge in [0.25, 0.3) is 0 Å². The lowest BCUT2D eigenvalue weighted by molar-refractivity contribution is 0.311. The highest BCUT2D eigenvalue weighted by atomic mass is 15.4. The number of piperazine rings is 1. The lowest BCUT2D eigenvalue weighted by atomic mass is 10.3. The molecule has 0 unspecified atom stereocenters. The first-order chi connectivity index (χ1) is 11.3. The highest BCUT2D eigenvalue weighted by molar-refractivity contribution is 5.36. The van der Waals surface area contributed by atoms with E-state index in [-0.39, 0.29) is 0 Å². The Morgan fingerprint density at radius 2 is 1.26 bits per heavy atom. The molecule has 1 aliphatic rings. The zero-order valence-corrected chi connectivity index (χ0v) is 12.8. The third-order valence-electron chi connectivity index (χ3n) is 3.86. The molecule has 9 nitrogen and oxygen atoms in total. The average molecular weight is 311 g/mol. The summed E-state index contributed by atoms with van der Waals surface area (Å²) in [5, 5.41) is 0. The van der Waals surface area contributed by atoms with Crippen LogP contribution in [0.25, 0.3) is 11.9 Å². The summed E-state index contributed by atoms with van der Waals surface area (Å²) < 4.78 is 3.56. The molecule has 1 aliphatic heterocycles. The topological polar surface area (TPSA) is 80.8 Å². The molecule has 0 amide bonds. The van der Waals surface area contributed by atoms with Gasteiger partial charge in [-0.3, -0.25) is 9.13 Å². The summed E-state index contributed by atoms with van der Waals surface area (Å²) in [4.78, 5) is 26.3. The second-order valence-electron chi connectivity index (χ2n) is 5.47. The van der Waals surface area contributed by atoms with E-state index in [4.69, 9.17) is 0 Å². The van der Waals surface area contributed by atoms with Gasteiger partial charge in [0.05, 0.1) is 0 Å². The molecule has 1 saturated heterocycles. The Bertz CT molecular complexity index is 705. The molecule has 0 radical (unpaired) electrons. The van der Waals surface area contributed by atoms with Crippen molar-refractivity contribution < 1.29 is 0 Å². The highest BCUT2D eigenvalue weighted by Crippen LogP contribution is 2.14. The van der Waals surface area contributed by atoms with Crippen LogP contribution in [-0.2, 0) is 0 Å². The van der Waals surface area contributed by atoms with Crippen LogP contribution in [0.5, 0.6) is 0 Å². The maximum Gasteiger partial charge on any atom is 0.241 e. The van der Waals surface area contributed by atoms with Gasteiger partial charge in [0, 0.05) is 51.0 Å². The molecule has 4 heterocycles. The van der Waals surface area contributed by atoms with E-state index in [9.17, 15) is 0 Å². The van der Waals surface area contributed by atoms with Gasteiger partial charge in [-0.1, -0.05) is 0 Å². The third-order valence-corrected chi connectivity index (χ3v) is 3.86. The van der Waals surface area contributed by atoms with Crippen LogP contribution in [0, 0.1) is 0 Å². The maximum atomic E-state index is 4.61. The number of aromatic nitrogens is 7. The lowest BCUT2D eigenvalue weighted by Crippen LogP contribution is -2.45. The van der Waals surface area contributed by atoms with Crippen molar-refractivity contribution in [3.8, 4) is 11.9 Å². The van der Waals surface area contributed by atoms with Crippen molar-refractivity contribution in [1.82, 2.24) is 39.0 Å². The van der Waals surface area contributed by atoms with Gasteiger partial charge in [0.1, 0.15) is 12.7 Å². The number of likely N-dealkylation sites (N-methyl/N-ethyl adjacent to an activating group) is 1. The Labute approximate surface area is 133 Å². The summed E-state index contributed by atoms with van der Waals surface area (Å²) in [6.07, 6.45) is 10.4. The fourth-order valence-electron chi connectivity index (χ4n) is 2.48. The SMILES string of the molecule is CN1CCN(c2nc(-n3ccnc3)nc(-n3ccnc3)n2)CC1. The summed E-state index contributed by atoms with van der Waals surface area (Å²) in [7, 11) is 2.12. The molecule has 0 spiro atoms. The van der Waals surface area contributed by atoms with Crippen LogP contribution < -0.4 is 4.90 Å². The number of hydrogen-bond donors (Lipinski definition) is 0. The average Bonchev–Trinajstić information content (AvgIpc) is 3.29. The zero-order chi connectivity index (χ0) is 15.6. The number of hydrogen-bond acceptors (Lipinski definition) is 7. The third kappa shape index (κ3) is 2.78. The quantitative estimate of drug-likeness (QED) is 0.673. The van der Waals surface area contributed by atoms with Crippen molar-refractivity contribution in [1.29, 1.82) is 0 Å². The van der Waals surface area contributed by atoms with Crippen LogP contribution in [0.1, 0.15) is 0 Å². The second-order valence-corrected chi connectivity index (χ2v) is 5.47. The molecule has 3 aromatic heterocycles. The van der Waals surface area contributed by atoms with Crippen molar-refractivity contribution in [3.05, 3.63) is 37.4 Å². The molecular weight excluding hydrogens is 294 g/mol. The Morgan fingerprint density at radius 3 is 1.74 bits per heavy atom. The maximum absolute atomic E-state index is 4.61. The molecule has 0 atom stereocenters. The van der Waals surface area contributed by atoms with Crippen molar-refractivity contribution in [2.24, 2.45) is 0 Å². The predicted octanol–water partition coefficient (Wildman–Crippen LogP) is -0.00520. The van der Waals surface area contributed by atoms with Crippen LogP contribution in [0.15, 0.2) is 37.4 Å². The normalized spacial score (nSPS) is 16.0. The van der Waals surface area contributed by atoms with E-state index in [1.54, 1.807) is 34.2 Å². The largest absolute Gasteiger partial charge is 0.338 e. The highest BCUT2D eigenvalue weighted by Gasteiger charge is 2.19. The van der Waals surface area contributed by atoms with E-state index in [1.807, 2.05) is 12.4 Å². The Hall–Kier alpha value is -2.81. The Morgan fingerprint density at radius 1 is 0.739 bits per heavy atom. The van der Waals surface area contributed by atoms with Crippen LogP contribution >= 0.6 is 0 Å². The first kappa shape index (κ1) is 13.8. The molecular formula is C14H17N9. The zero-order valence-electron chi connectivity index (χ0n) is 12.8. The number of anilines is 1. The van der Waals surface area contributed by atoms with Gasteiger partial charge in [0.15, 0.2) is 0 Å². The minimum absolute atomic E-state index is 0.551. The number of rotatable bonds is 3. The van der Waals surface area contributed by atoms with Gasteiger partial charge in [-0.25, -0.2) is 9.97 Å². The monoisotopic (exact) mass is 311 g/mol. The summed E-state index contributed by atoms with van der Waals surface area (Å²) in [5.74, 6) is 1.78. The van der Waals surface area contributed by atoms with E-state index >= 15 is 0 Å². The Kier molecular flexibility index (Phi) is 3.46. The Balaban J connectivity index is 1.76. The van der Waals surface area contributed by atoms with Crippen LogP contribution in [0.3, 0.4) is 0 Å². The summed E-state index contributed by atoms with van der Waals surface area (Å²) >= 11 is 0. The van der Waals surface area contributed by atoms with Gasteiger partial charge >= 0.3 is 0 Å². The summed E-state index contributed by atoms with van der Waals surface area (Å²) in [6.45, 7) is 3.78. The molecule has 3 aromatic rings. The molecule has 1 fully saturated rings. The number of nitrogens with zero attached hydrogens (tertiary/aromatic N) is 9. The van der Waals surface area contributed by atoms with Crippen molar-refractivity contribution in [3.63, 3.8) is 0 Å². The lowest BCUT2D eigenvalue weighted by Gasteiger charge is -2.32. The first-order valence-corrected chi connectivity index (χ1v) is 7.46. The van der Waals surface area contributed by atoms with Gasteiger partial charge in [-0.15, -0.1) is 0 Å². The smallest absolute Gasteiger partial charge is 0.241 e. The molecule has 0 saturated carbocycles. The van der Waals surface area contributed by atoms with Crippen LogP contribution in [0.4, 0.5) is 5.95 Å². The van der Waals surface area contributed by atoms with E-state index in [2.05, 4.69) is 41.8 Å². The fourth-order valence-corrected chi connectivity index (χ4v) is 2.48. The van der Waals surface area contributed by atoms with Gasteiger partial charge in [-0.05, 0) is 7.05 Å². The van der Waals surface area contributed by atoms with Crippen LogP contribution in [0.2, 0.25) is 0 Å². The summed E-state index contributed by atoms with van der Waals surface area (Å²) in [6, 6.07) is 0. The first-order valence-electron chi connectivity index (χ1n) is 7.46. The van der Waals surface area contributed by atoms with E-state index in [0.29, 0.717) is 17.8 Å². The molecule has 0 N–H and O–H groups in total. The molecule has 0 aromatic carbocycles. The van der Waals surface area contributed by atoms with E-state index < -0.39 is 0 Å². The predicted molar refractivity (Wildman–Crippen MR) is 83.8 cm³/mol. The molecule has 9 heteroatoms. The second kappa shape index (κ2) is 5.76. The molecule has 118 valence electrons. The van der Waals surface area contributed by atoms with Gasteiger partial charge < -0.3 is 9.80 Å². The van der Waals surface area contributed by atoms with Crippen molar-refractivity contribution in [2.75, 3.05) is 38.1 Å². The minimum atomic E-state index is 0.551. The number of imidazole rings is 2. The van der Waals surface area contributed by atoms with Gasteiger partial charge in [0.2, 0.25) is 17.8 Å². The molecule has 0 bridgehead atoms. The standard InChI is InChI=1S/C14H17N9/c1-20-6-8-21(9-7-20)12-17-13(22-4-2-15-10-22)19-14(18-12)23-5-3-16-11-23/h2-5,10-11H,6-9H2,1H3. The minimum Gasteiger partial charge on any atom is -0.338 e. The van der Waals surface area contributed by atoms with E-state index in [1.165, 1.54) is 0 Å². The van der Waals surface area contributed by atoms with Crippen LogP contribution in [-0.4, -0.2) is 72.2 Å². The van der Waals surface area contributed by atoms with Crippen molar-refractivity contribution >= 4 is 5.95 Å². The van der Waals surface area contributed by atoms with Gasteiger partial charge in [-0.2, -0.15) is 15.0 Å². The summed E-state index contributed by atoms with van der Waals surface area (Å²) in [5.41, 5.74) is 0. The van der Waals surface area contributed by atoms with E-state index in [0.717, 1.165) is 26.2 Å². The molecule has 4 rings (SSSR count). The molecule has 23 heavy (non-hydrogen) atoms. The fraction of sp³-hybridized carbons (Fsp3) is 0.357. The van der Waals surface area contributed by atoms with Crippen molar-refractivity contribution in [2.45, 2.75) is 0 Å².